The van der Waals surface area contributed by atoms with E-state index in [-0.39, 0.29) is 5.56 Å². The van der Waals surface area contributed by atoms with Crippen molar-refractivity contribution >= 4 is 17.0 Å². The van der Waals surface area contributed by atoms with Gasteiger partial charge in [0.05, 0.1) is 17.4 Å². The number of rotatable bonds is 3. The Hall–Kier alpha value is -2.62. The molecule has 0 aliphatic rings. The summed E-state index contributed by atoms with van der Waals surface area (Å²) in [6.45, 7) is 2.73. The number of nitrogens with zero attached hydrogens (tertiary/aromatic N) is 2. The van der Waals surface area contributed by atoms with Crippen molar-refractivity contribution in [3.05, 3.63) is 65.5 Å². The maximum Gasteiger partial charge on any atom is 0.337 e. The quantitative estimate of drug-likeness (QED) is 0.792. The molecule has 0 aliphatic carbocycles. The monoisotopic (exact) mass is 266 g/mol. The van der Waals surface area contributed by atoms with Gasteiger partial charge in [-0.05, 0) is 24.6 Å². The van der Waals surface area contributed by atoms with Gasteiger partial charge in [0.2, 0.25) is 0 Å². The molecule has 0 spiro atoms. The average molecular weight is 266 g/mol. The summed E-state index contributed by atoms with van der Waals surface area (Å²) in [4.78, 5) is 15.4. The van der Waals surface area contributed by atoms with E-state index >= 15 is 0 Å². The summed E-state index contributed by atoms with van der Waals surface area (Å²) < 4.78 is 1.96. The van der Waals surface area contributed by atoms with Crippen LogP contribution < -0.4 is 0 Å². The van der Waals surface area contributed by atoms with Crippen LogP contribution in [-0.2, 0) is 6.54 Å². The van der Waals surface area contributed by atoms with Crippen LogP contribution in [0.4, 0.5) is 0 Å². The molecule has 1 aromatic heterocycles. The maximum atomic E-state index is 11.2. The van der Waals surface area contributed by atoms with Crippen LogP contribution in [0.3, 0.4) is 0 Å². The number of fused-ring (bicyclic) bond motifs is 1. The van der Waals surface area contributed by atoms with E-state index < -0.39 is 5.97 Å². The van der Waals surface area contributed by atoms with Crippen molar-refractivity contribution in [2.75, 3.05) is 0 Å². The minimum Gasteiger partial charge on any atom is -0.478 e. The number of aromatic nitrogens is 2. The zero-order valence-corrected chi connectivity index (χ0v) is 11.1. The molecule has 0 atom stereocenters. The predicted molar refractivity (Wildman–Crippen MR) is 77.0 cm³/mol. The van der Waals surface area contributed by atoms with Crippen LogP contribution >= 0.6 is 0 Å². The molecule has 4 heteroatoms. The van der Waals surface area contributed by atoms with Crippen molar-refractivity contribution in [2.24, 2.45) is 0 Å². The van der Waals surface area contributed by atoms with Gasteiger partial charge in [0.15, 0.2) is 0 Å². The maximum absolute atomic E-state index is 11.2. The average Bonchev–Trinajstić information content (AvgIpc) is 2.84. The van der Waals surface area contributed by atoms with E-state index in [1.54, 1.807) is 18.5 Å². The molecule has 3 aromatic rings. The number of aromatic carboxylic acids is 1. The molecular formula is C16H14N2O2. The first-order valence-corrected chi connectivity index (χ1v) is 6.38. The first-order chi connectivity index (χ1) is 9.65. The Morgan fingerprint density at radius 1 is 1.20 bits per heavy atom. The lowest BCUT2D eigenvalue weighted by Gasteiger charge is -2.05. The smallest absolute Gasteiger partial charge is 0.337 e. The van der Waals surface area contributed by atoms with Gasteiger partial charge in [0, 0.05) is 6.54 Å². The van der Waals surface area contributed by atoms with Crippen LogP contribution in [0.1, 0.15) is 21.5 Å². The lowest BCUT2D eigenvalue weighted by molar-refractivity contribution is 0.0699. The highest BCUT2D eigenvalue weighted by Crippen LogP contribution is 2.18. The number of aryl methyl sites for hydroxylation is 1. The molecule has 4 nitrogen and oxygen atoms in total. The van der Waals surface area contributed by atoms with E-state index in [0.29, 0.717) is 12.1 Å². The number of benzene rings is 2. The number of carbonyl (C=O) groups is 1. The van der Waals surface area contributed by atoms with Crippen LogP contribution in [-0.4, -0.2) is 20.6 Å². The zero-order valence-electron chi connectivity index (χ0n) is 11.1. The molecule has 1 N–H and O–H groups in total. The van der Waals surface area contributed by atoms with Gasteiger partial charge in [0.1, 0.15) is 5.52 Å². The van der Waals surface area contributed by atoms with Crippen molar-refractivity contribution in [1.82, 2.24) is 9.55 Å². The predicted octanol–water partition coefficient (Wildman–Crippen LogP) is 3.09. The number of carboxylic acid groups (broad SMARTS) is 1. The van der Waals surface area contributed by atoms with Crippen LogP contribution in [0.5, 0.6) is 0 Å². The van der Waals surface area contributed by atoms with E-state index in [1.165, 1.54) is 5.56 Å². The summed E-state index contributed by atoms with van der Waals surface area (Å²) in [6, 6.07) is 13.5. The fourth-order valence-electron chi connectivity index (χ4n) is 2.28. The molecule has 3 rings (SSSR count). The van der Waals surface area contributed by atoms with Crippen molar-refractivity contribution in [3.63, 3.8) is 0 Å². The molecule has 2 aromatic carbocycles. The van der Waals surface area contributed by atoms with Crippen LogP contribution in [0.25, 0.3) is 11.0 Å². The SMILES string of the molecule is Cc1ccc(Cn2cnc3c(C(=O)O)cccc32)cc1. The van der Waals surface area contributed by atoms with E-state index in [1.807, 2.05) is 10.6 Å². The van der Waals surface area contributed by atoms with Gasteiger partial charge >= 0.3 is 5.97 Å². The van der Waals surface area contributed by atoms with Gasteiger partial charge in [-0.15, -0.1) is 0 Å². The summed E-state index contributed by atoms with van der Waals surface area (Å²) >= 11 is 0. The van der Waals surface area contributed by atoms with Gasteiger partial charge in [0.25, 0.3) is 0 Å². The van der Waals surface area contributed by atoms with Crippen molar-refractivity contribution in [1.29, 1.82) is 0 Å². The third-order valence-corrected chi connectivity index (χ3v) is 3.35. The number of hydrogen-bond acceptors (Lipinski definition) is 2. The summed E-state index contributed by atoms with van der Waals surface area (Å²) in [6.07, 6.45) is 1.69. The molecule has 0 amide bonds. The lowest BCUT2D eigenvalue weighted by Crippen LogP contribution is -2.00. The Kier molecular flexibility index (Phi) is 2.99. The van der Waals surface area contributed by atoms with E-state index in [9.17, 15) is 4.79 Å². The Bertz CT molecular complexity index is 773. The zero-order chi connectivity index (χ0) is 14.1. The van der Waals surface area contributed by atoms with Crippen molar-refractivity contribution < 1.29 is 9.90 Å². The normalized spacial score (nSPS) is 10.8. The molecular weight excluding hydrogens is 252 g/mol. The standard InChI is InChI=1S/C16H14N2O2/c1-11-5-7-12(8-6-11)9-18-10-17-15-13(16(19)20)3-2-4-14(15)18/h2-8,10H,9H2,1H3,(H,19,20). The summed E-state index contributed by atoms with van der Waals surface area (Å²) in [7, 11) is 0. The number of hydrogen-bond donors (Lipinski definition) is 1. The molecule has 100 valence electrons. The number of carboxylic acids is 1. The van der Waals surface area contributed by atoms with Gasteiger partial charge in [-0.25, -0.2) is 9.78 Å². The molecule has 1 heterocycles. The third kappa shape index (κ3) is 2.16. The van der Waals surface area contributed by atoms with E-state index in [2.05, 4.69) is 36.2 Å². The van der Waals surface area contributed by atoms with Gasteiger partial charge in [-0.3, -0.25) is 0 Å². The third-order valence-electron chi connectivity index (χ3n) is 3.35. The second kappa shape index (κ2) is 4.81. The topological polar surface area (TPSA) is 55.1 Å². The molecule has 0 aliphatic heterocycles. The molecule has 0 saturated carbocycles. The Labute approximate surface area is 116 Å². The highest BCUT2D eigenvalue weighted by Gasteiger charge is 2.12. The Morgan fingerprint density at radius 3 is 2.65 bits per heavy atom. The van der Waals surface area contributed by atoms with Crippen molar-refractivity contribution in [3.8, 4) is 0 Å². The summed E-state index contributed by atoms with van der Waals surface area (Å²) in [5.41, 5.74) is 4.00. The Morgan fingerprint density at radius 2 is 1.95 bits per heavy atom. The Balaban J connectivity index is 2.03. The molecule has 0 unspecified atom stereocenters. The van der Waals surface area contributed by atoms with Gasteiger partial charge in [-0.2, -0.15) is 0 Å². The van der Waals surface area contributed by atoms with Crippen LogP contribution in [0.2, 0.25) is 0 Å². The lowest BCUT2D eigenvalue weighted by atomic mass is 10.1. The first kappa shape index (κ1) is 12.4. The molecule has 0 radical (unpaired) electrons. The number of imidazole rings is 1. The fraction of sp³-hybridized carbons (Fsp3) is 0.125. The fourth-order valence-corrected chi connectivity index (χ4v) is 2.28. The van der Waals surface area contributed by atoms with E-state index in [4.69, 9.17) is 5.11 Å². The second-order valence-electron chi connectivity index (χ2n) is 4.84. The first-order valence-electron chi connectivity index (χ1n) is 6.38. The molecule has 0 saturated heterocycles. The largest absolute Gasteiger partial charge is 0.478 e. The minimum atomic E-state index is -0.948. The van der Waals surface area contributed by atoms with Crippen LogP contribution in [0, 0.1) is 6.92 Å². The minimum absolute atomic E-state index is 0.241. The van der Waals surface area contributed by atoms with Gasteiger partial charge < -0.3 is 9.67 Å². The summed E-state index contributed by atoms with van der Waals surface area (Å²) in [5, 5.41) is 9.16. The second-order valence-corrected chi connectivity index (χ2v) is 4.84. The highest BCUT2D eigenvalue weighted by atomic mass is 16.4. The number of para-hydroxylation sites is 1. The molecule has 20 heavy (non-hydrogen) atoms. The summed E-state index contributed by atoms with van der Waals surface area (Å²) in [5.74, 6) is -0.948. The van der Waals surface area contributed by atoms with E-state index in [0.717, 1.165) is 11.1 Å². The highest BCUT2D eigenvalue weighted by molar-refractivity contribution is 6.00. The molecule has 0 fully saturated rings. The molecule has 0 bridgehead atoms. The van der Waals surface area contributed by atoms with Crippen molar-refractivity contribution in [2.45, 2.75) is 13.5 Å². The van der Waals surface area contributed by atoms with Crippen LogP contribution in [0.15, 0.2) is 48.8 Å². The van der Waals surface area contributed by atoms with Gasteiger partial charge in [-0.1, -0.05) is 35.9 Å².